The molecule has 0 aliphatic heterocycles. The number of pyridine rings is 1. The highest BCUT2D eigenvalue weighted by Crippen LogP contribution is 2.00. The molecule has 0 unspecified atom stereocenters. The molecule has 0 aromatic carbocycles. The summed E-state index contributed by atoms with van der Waals surface area (Å²) in [4.78, 5) is 4.15. The highest BCUT2D eigenvalue weighted by atomic mass is 35.5. The van der Waals surface area contributed by atoms with Crippen molar-refractivity contribution in [2.45, 2.75) is 13.3 Å². The fraction of sp³-hybridized carbons (Fsp3) is 0.222. The zero-order valence-electron chi connectivity index (χ0n) is 6.58. The monoisotopic (exact) mass is 169 g/mol. The van der Waals surface area contributed by atoms with E-state index in [9.17, 15) is 0 Å². The Morgan fingerprint density at radius 1 is 1.55 bits per heavy atom. The van der Waals surface area contributed by atoms with Crippen molar-refractivity contribution >= 4 is 18.5 Å². The van der Waals surface area contributed by atoms with E-state index in [0.29, 0.717) is 0 Å². The largest absolute Gasteiger partial charge is 0.257 e. The van der Waals surface area contributed by atoms with Gasteiger partial charge in [0, 0.05) is 6.20 Å². The Morgan fingerprint density at radius 2 is 2.27 bits per heavy atom. The third-order valence-corrected chi connectivity index (χ3v) is 1.47. The Labute approximate surface area is 73.6 Å². The lowest BCUT2D eigenvalue weighted by molar-refractivity contribution is 1.10. The Morgan fingerprint density at radius 3 is 2.64 bits per heavy atom. The van der Waals surface area contributed by atoms with Gasteiger partial charge in [-0.25, -0.2) is 0 Å². The molecular formula is C9H12ClN. The summed E-state index contributed by atoms with van der Waals surface area (Å²) in [6, 6.07) is 4.05. The molecule has 11 heavy (non-hydrogen) atoms. The van der Waals surface area contributed by atoms with Crippen molar-refractivity contribution in [1.82, 2.24) is 4.98 Å². The maximum absolute atomic E-state index is 4.15. The molecule has 0 aliphatic carbocycles. The summed E-state index contributed by atoms with van der Waals surface area (Å²) in [6.45, 7) is 5.74. The molecule has 0 bridgehead atoms. The van der Waals surface area contributed by atoms with Gasteiger partial charge in [0.05, 0.1) is 5.69 Å². The van der Waals surface area contributed by atoms with Crippen LogP contribution < -0.4 is 0 Å². The first-order valence-electron chi connectivity index (χ1n) is 3.44. The van der Waals surface area contributed by atoms with Crippen molar-refractivity contribution in [1.29, 1.82) is 0 Å². The van der Waals surface area contributed by atoms with E-state index in [1.54, 1.807) is 6.08 Å². The van der Waals surface area contributed by atoms with E-state index >= 15 is 0 Å². The van der Waals surface area contributed by atoms with E-state index in [4.69, 9.17) is 0 Å². The average Bonchev–Trinajstić information content (AvgIpc) is 2.05. The molecule has 1 rings (SSSR count). The molecule has 1 aromatic rings. The number of hydrogen-bond donors (Lipinski definition) is 0. The first kappa shape index (κ1) is 10.2. The van der Waals surface area contributed by atoms with Crippen molar-refractivity contribution in [3.63, 3.8) is 0 Å². The summed E-state index contributed by atoms with van der Waals surface area (Å²) in [7, 11) is 0. The summed E-state index contributed by atoms with van der Waals surface area (Å²) in [5, 5.41) is 0. The molecule has 0 saturated carbocycles. The Kier molecular flexibility index (Phi) is 4.55. The molecule has 0 radical (unpaired) electrons. The van der Waals surface area contributed by atoms with E-state index < -0.39 is 0 Å². The lowest BCUT2D eigenvalue weighted by atomic mass is 10.2. The second-order valence-electron chi connectivity index (χ2n) is 2.15. The van der Waals surface area contributed by atoms with Crippen molar-refractivity contribution < 1.29 is 0 Å². The van der Waals surface area contributed by atoms with Crippen LogP contribution in [-0.4, -0.2) is 4.98 Å². The number of nitrogens with zero attached hydrogens (tertiary/aromatic N) is 1. The van der Waals surface area contributed by atoms with E-state index in [1.165, 1.54) is 5.56 Å². The Balaban J connectivity index is 0.000001000. The lowest BCUT2D eigenvalue weighted by Crippen LogP contribution is -1.83. The van der Waals surface area contributed by atoms with Gasteiger partial charge in [0.15, 0.2) is 0 Å². The third-order valence-electron chi connectivity index (χ3n) is 1.47. The quantitative estimate of drug-likeness (QED) is 0.664. The maximum Gasteiger partial charge on any atom is 0.0623 e. The van der Waals surface area contributed by atoms with Gasteiger partial charge in [-0.3, -0.25) is 4.98 Å². The predicted octanol–water partition coefficient (Wildman–Crippen LogP) is 2.71. The van der Waals surface area contributed by atoms with Crippen LogP contribution >= 0.6 is 12.4 Å². The highest BCUT2D eigenvalue weighted by molar-refractivity contribution is 5.85. The van der Waals surface area contributed by atoms with Gasteiger partial charge < -0.3 is 0 Å². The molecule has 0 amide bonds. The molecule has 2 heteroatoms. The highest BCUT2D eigenvalue weighted by Gasteiger charge is 1.87. The Bertz CT molecular complexity index is 216. The van der Waals surface area contributed by atoms with Crippen molar-refractivity contribution in [2.24, 2.45) is 0 Å². The maximum atomic E-state index is 4.15. The number of hydrogen-bond acceptors (Lipinski definition) is 1. The minimum Gasteiger partial charge on any atom is -0.257 e. The second kappa shape index (κ2) is 4.91. The van der Waals surface area contributed by atoms with Gasteiger partial charge in [-0.15, -0.1) is 12.4 Å². The molecule has 0 saturated heterocycles. The SMILES string of the molecule is C=Cc1ccc(CC)cn1.Cl. The molecule has 0 aliphatic rings. The van der Waals surface area contributed by atoms with Crippen LogP contribution in [0.5, 0.6) is 0 Å². The van der Waals surface area contributed by atoms with Crippen LogP contribution in [0.15, 0.2) is 24.9 Å². The summed E-state index contributed by atoms with van der Waals surface area (Å²) in [5.41, 5.74) is 2.21. The van der Waals surface area contributed by atoms with E-state index in [1.807, 2.05) is 12.3 Å². The number of rotatable bonds is 2. The fourth-order valence-electron chi connectivity index (χ4n) is 0.766. The fourth-order valence-corrected chi connectivity index (χ4v) is 0.766. The summed E-state index contributed by atoms with van der Waals surface area (Å²) < 4.78 is 0. The standard InChI is InChI=1S/C9H11N.ClH/c1-3-8-5-6-9(4-2)10-7-8;/h4-7H,2-3H2,1H3;1H. The van der Waals surface area contributed by atoms with Crippen LogP contribution in [0.2, 0.25) is 0 Å². The van der Waals surface area contributed by atoms with Crippen LogP contribution in [0, 0.1) is 0 Å². The van der Waals surface area contributed by atoms with Crippen molar-refractivity contribution in [3.8, 4) is 0 Å². The van der Waals surface area contributed by atoms with E-state index in [2.05, 4.69) is 24.6 Å². The predicted molar refractivity (Wildman–Crippen MR) is 51.0 cm³/mol. The average molecular weight is 170 g/mol. The molecule has 1 nitrogen and oxygen atoms in total. The number of aromatic nitrogens is 1. The van der Waals surface area contributed by atoms with Crippen molar-refractivity contribution in [3.05, 3.63) is 36.2 Å². The topological polar surface area (TPSA) is 12.9 Å². The van der Waals surface area contributed by atoms with Gasteiger partial charge in [0.1, 0.15) is 0 Å². The molecule has 1 aromatic heterocycles. The van der Waals surface area contributed by atoms with E-state index in [0.717, 1.165) is 12.1 Å². The minimum atomic E-state index is 0. The van der Waals surface area contributed by atoms with Gasteiger partial charge in [-0.1, -0.05) is 19.6 Å². The molecule has 60 valence electrons. The molecule has 0 fully saturated rings. The van der Waals surface area contributed by atoms with Crippen LogP contribution in [0.25, 0.3) is 6.08 Å². The second-order valence-corrected chi connectivity index (χ2v) is 2.15. The van der Waals surface area contributed by atoms with Gasteiger partial charge in [-0.2, -0.15) is 0 Å². The third kappa shape index (κ3) is 2.72. The van der Waals surface area contributed by atoms with Gasteiger partial charge in [0.25, 0.3) is 0 Å². The normalized spacial score (nSPS) is 8.45. The van der Waals surface area contributed by atoms with Gasteiger partial charge in [0.2, 0.25) is 0 Å². The van der Waals surface area contributed by atoms with Crippen LogP contribution in [0.3, 0.4) is 0 Å². The summed E-state index contributed by atoms with van der Waals surface area (Å²) in [6.07, 6.45) is 4.68. The van der Waals surface area contributed by atoms with Crippen molar-refractivity contribution in [2.75, 3.05) is 0 Å². The van der Waals surface area contributed by atoms with Gasteiger partial charge in [-0.05, 0) is 24.1 Å². The van der Waals surface area contributed by atoms with Crippen LogP contribution in [0.4, 0.5) is 0 Å². The zero-order chi connectivity index (χ0) is 7.40. The Hall–Kier alpha value is -0.820. The minimum absolute atomic E-state index is 0. The molecule has 0 N–H and O–H groups in total. The summed E-state index contributed by atoms with van der Waals surface area (Å²) in [5.74, 6) is 0. The van der Waals surface area contributed by atoms with Gasteiger partial charge >= 0.3 is 0 Å². The van der Waals surface area contributed by atoms with E-state index in [-0.39, 0.29) is 12.4 Å². The zero-order valence-corrected chi connectivity index (χ0v) is 7.40. The smallest absolute Gasteiger partial charge is 0.0623 e. The van der Waals surface area contributed by atoms with Crippen LogP contribution in [-0.2, 0) is 6.42 Å². The first-order valence-corrected chi connectivity index (χ1v) is 3.44. The molecule has 1 heterocycles. The molecule has 0 atom stereocenters. The lowest BCUT2D eigenvalue weighted by Gasteiger charge is -1.94. The number of aryl methyl sites for hydroxylation is 1. The molecule has 0 spiro atoms. The number of halogens is 1. The van der Waals surface area contributed by atoms with Crippen LogP contribution in [0.1, 0.15) is 18.2 Å². The summed E-state index contributed by atoms with van der Waals surface area (Å²) >= 11 is 0. The molecular weight excluding hydrogens is 158 g/mol. The first-order chi connectivity index (χ1) is 4.86.